The molecule has 0 bridgehead atoms. The van der Waals surface area contributed by atoms with Crippen molar-refractivity contribution in [1.82, 2.24) is 34.6 Å². The zero-order chi connectivity index (χ0) is 49.8. The number of nitrogens with zero attached hydrogens (tertiary/aromatic N) is 6. The highest BCUT2D eigenvalue weighted by atomic mass is 35.5. The first-order chi connectivity index (χ1) is 31.4. The number of pyridine rings is 1. The van der Waals surface area contributed by atoms with Crippen molar-refractivity contribution in [3.8, 4) is 23.0 Å². The molecular formula is C41H33ClF10N8O6S2. The molecule has 3 atom stereocenters. The highest BCUT2D eigenvalue weighted by Crippen LogP contribution is 2.64. The summed E-state index contributed by atoms with van der Waals surface area (Å²) in [6.45, 7) is -1.52. The van der Waals surface area contributed by atoms with Crippen molar-refractivity contribution < 1.29 is 70.3 Å². The normalized spacial score (nSPS) is 19.3. The van der Waals surface area contributed by atoms with Gasteiger partial charge in [-0.1, -0.05) is 23.6 Å². The number of rotatable bonds is 10. The first-order valence-electron chi connectivity index (χ1n) is 20.0. The summed E-state index contributed by atoms with van der Waals surface area (Å²) in [7, 11) is -8.62. The van der Waals surface area contributed by atoms with E-state index in [0.717, 1.165) is 36.6 Å². The number of amides is 2. The van der Waals surface area contributed by atoms with Gasteiger partial charge in [0.25, 0.3) is 11.8 Å². The fourth-order valence-corrected chi connectivity index (χ4v) is 10.0. The third-order valence-electron chi connectivity index (χ3n) is 11.9. The summed E-state index contributed by atoms with van der Waals surface area (Å²) in [5.41, 5.74) is -5.62. The van der Waals surface area contributed by atoms with Crippen LogP contribution in [0.25, 0.3) is 22.0 Å². The molecule has 362 valence electrons. The largest absolute Gasteiger partial charge is 0.435 e. The third kappa shape index (κ3) is 8.77. The summed E-state index contributed by atoms with van der Waals surface area (Å²) < 4.78 is 199. The van der Waals surface area contributed by atoms with Crippen molar-refractivity contribution in [3.63, 3.8) is 0 Å². The van der Waals surface area contributed by atoms with Crippen molar-refractivity contribution in [2.24, 2.45) is 5.92 Å². The quantitative estimate of drug-likeness (QED) is 0.112. The van der Waals surface area contributed by atoms with E-state index in [9.17, 15) is 61.5 Å². The number of fused-ring (bicyclic) bond motifs is 4. The van der Waals surface area contributed by atoms with Gasteiger partial charge in [0, 0.05) is 34.9 Å². The van der Waals surface area contributed by atoms with Gasteiger partial charge in [-0.3, -0.25) is 19.0 Å². The number of carbonyl (C=O) groups is 2. The molecule has 2 fully saturated rings. The fourth-order valence-electron chi connectivity index (χ4n) is 8.42. The van der Waals surface area contributed by atoms with Crippen LogP contribution in [0.15, 0.2) is 42.5 Å². The Balaban J connectivity index is 1.35. The summed E-state index contributed by atoms with van der Waals surface area (Å²) in [5, 5.41) is 8.78. The van der Waals surface area contributed by atoms with E-state index in [4.69, 9.17) is 11.6 Å². The number of aromatic nitrogens is 5. The number of anilines is 1. The highest BCUT2D eigenvalue weighted by molar-refractivity contribution is 7.92. The Labute approximate surface area is 384 Å². The molecule has 3 aromatic heterocycles. The number of nitrogens with one attached hydrogen (secondary N) is 2. The summed E-state index contributed by atoms with van der Waals surface area (Å²) >= 11 is 6.54. The number of benzene rings is 2. The van der Waals surface area contributed by atoms with E-state index in [-0.39, 0.29) is 44.2 Å². The number of halogens is 11. The molecule has 5 aromatic rings. The highest BCUT2D eigenvalue weighted by Gasteiger charge is 2.63. The maximum Gasteiger partial charge on any atom is 0.435 e. The monoisotopic (exact) mass is 1020 g/mol. The van der Waals surface area contributed by atoms with Crippen molar-refractivity contribution in [2.45, 2.75) is 81.2 Å². The Kier molecular flexibility index (Phi) is 11.8. The van der Waals surface area contributed by atoms with E-state index in [1.165, 1.54) is 19.9 Å². The lowest BCUT2D eigenvalue weighted by Gasteiger charge is -2.34. The molecule has 1 saturated carbocycles. The van der Waals surface area contributed by atoms with Crippen LogP contribution in [0.4, 0.5) is 49.7 Å². The molecule has 4 heterocycles. The minimum absolute atomic E-state index is 0.00207. The van der Waals surface area contributed by atoms with Crippen molar-refractivity contribution in [1.29, 1.82) is 0 Å². The van der Waals surface area contributed by atoms with Crippen LogP contribution in [-0.2, 0) is 61.2 Å². The second kappa shape index (κ2) is 16.4. The summed E-state index contributed by atoms with van der Waals surface area (Å²) in [5.74, 6) is -7.03. The lowest BCUT2D eigenvalue weighted by atomic mass is 9.73. The molecule has 14 nitrogen and oxygen atoms in total. The maximum atomic E-state index is 15.8. The molecular weight excluding hydrogens is 990 g/mol. The second-order valence-electron chi connectivity index (χ2n) is 16.8. The van der Waals surface area contributed by atoms with Gasteiger partial charge in [0.1, 0.15) is 40.9 Å². The van der Waals surface area contributed by atoms with Crippen LogP contribution in [0.1, 0.15) is 72.6 Å². The van der Waals surface area contributed by atoms with Crippen LogP contribution in [0, 0.1) is 29.4 Å². The minimum atomic E-state index is -5.21. The SMILES string of the molecule is CC(C)(C#Cc1ccc(-c2ccc(Cl)c3c(N4C(=O)CNS4(=O)=O)nn(CC(F)(F)F)c23)c([C@H](Cc2cc(F)cc(F)c2)NC(=O)Cn2nc(C(F)(F)F)c3c2C(F)(F)[C@@H]2CC[C@H]32)n1)S(C)(=O)=O. The molecule has 1 saturated heterocycles. The topological polar surface area (TPSA) is 178 Å². The van der Waals surface area contributed by atoms with Crippen LogP contribution in [0.5, 0.6) is 0 Å². The lowest BCUT2D eigenvalue weighted by Crippen LogP contribution is -2.36. The first-order valence-corrected chi connectivity index (χ1v) is 23.7. The average molecular weight is 1020 g/mol. The van der Waals surface area contributed by atoms with Gasteiger partial charge in [0.15, 0.2) is 21.3 Å². The third-order valence-corrected chi connectivity index (χ3v) is 15.5. The van der Waals surface area contributed by atoms with Gasteiger partial charge in [-0.15, -0.1) is 0 Å². The molecule has 0 spiro atoms. The first kappa shape index (κ1) is 48.7. The standard InChI is InChI=1S/C41H33ClF10N8O6S2/c1-38(2,67(3,63)64)11-10-22-4-5-23(24-7-9-27(42)32-34(24)59(18-39(45,46)47)57-37(32)60-30(62)16-53-68(60,65)66)33(54-22)28(14-19-12-20(43)15-21(44)13-19)55-29(61)17-58-36-31(35(56-58)41(50,51)52)25-6-8-26(25)40(36,48)49/h4-5,7,9,12-13,15,25-26,28,53H,6,8,14,16-18H2,1-3H3,(H,55,61)/t25-,26+,28-/m0/s1. The minimum Gasteiger partial charge on any atom is -0.346 e. The van der Waals surface area contributed by atoms with Crippen LogP contribution in [0.2, 0.25) is 5.02 Å². The Hall–Kier alpha value is -5.78. The van der Waals surface area contributed by atoms with Gasteiger partial charge in [-0.05, 0) is 80.8 Å². The molecule has 0 radical (unpaired) electrons. The number of hydrogen-bond acceptors (Lipinski definition) is 9. The Morgan fingerprint density at radius 2 is 1.66 bits per heavy atom. The van der Waals surface area contributed by atoms with E-state index in [1.807, 2.05) is 4.72 Å². The molecule has 1 aliphatic heterocycles. The molecule has 2 aromatic carbocycles. The molecule has 2 aliphatic carbocycles. The van der Waals surface area contributed by atoms with Crippen LogP contribution >= 0.6 is 11.6 Å². The summed E-state index contributed by atoms with van der Waals surface area (Å²) in [6, 6.07) is 4.92. The predicted molar refractivity (Wildman–Crippen MR) is 222 cm³/mol. The van der Waals surface area contributed by atoms with Gasteiger partial charge < -0.3 is 5.32 Å². The molecule has 8 rings (SSSR count). The summed E-state index contributed by atoms with van der Waals surface area (Å²) in [6.07, 6.45) is -10.2. The second-order valence-corrected chi connectivity index (χ2v) is 21.4. The molecule has 2 N–H and O–H groups in total. The number of carbonyl (C=O) groups excluding carboxylic acids is 2. The molecule has 68 heavy (non-hydrogen) atoms. The smallest absolute Gasteiger partial charge is 0.346 e. The average Bonchev–Trinajstić information content (AvgIpc) is 3.85. The number of sulfone groups is 1. The zero-order valence-corrected chi connectivity index (χ0v) is 37.5. The fraction of sp³-hybridized carbons (Fsp3) is 0.390. The molecule has 0 unspecified atom stereocenters. The van der Waals surface area contributed by atoms with Gasteiger partial charge in [0.2, 0.25) is 5.91 Å². The number of hydrogen-bond donors (Lipinski definition) is 2. The van der Waals surface area contributed by atoms with Crippen LogP contribution < -0.4 is 14.3 Å². The van der Waals surface area contributed by atoms with Gasteiger partial charge >= 0.3 is 22.6 Å². The van der Waals surface area contributed by atoms with Crippen molar-refractivity contribution in [2.75, 3.05) is 17.1 Å². The van der Waals surface area contributed by atoms with Crippen molar-refractivity contribution >= 4 is 60.2 Å². The van der Waals surface area contributed by atoms with Crippen LogP contribution in [0.3, 0.4) is 0 Å². The molecule has 3 aliphatic rings. The number of alkyl halides is 8. The Morgan fingerprint density at radius 3 is 2.24 bits per heavy atom. The van der Waals surface area contributed by atoms with E-state index in [2.05, 4.69) is 32.3 Å². The van der Waals surface area contributed by atoms with E-state index in [0.29, 0.717) is 10.7 Å². The molecule has 27 heteroatoms. The Morgan fingerprint density at radius 1 is 1.00 bits per heavy atom. The van der Waals surface area contributed by atoms with E-state index < -0.39 is 155 Å². The Bertz CT molecular complexity index is 3230. The predicted octanol–water partition coefficient (Wildman–Crippen LogP) is 6.86. The van der Waals surface area contributed by atoms with Gasteiger partial charge in [0.05, 0.1) is 34.2 Å². The van der Waals surface area contributed by atoms with E-state index >= 15 is 8.78 Å². The molecule has 2 amide bonds. The summed E-state index contributed by atoms with van der Waals surface area (Å²) in [4.78, 5) is 31.6. The van der Waals surface area contributed by atoms with Crippen LogP contribution in [-0.4, -0.2) is 76.9 Å². The van der Waals surface area contributed by atoms with Crippen molar-refractivity contribution in [3.05, 3.63) is 93.0 Å². The van der Waals surface area contributed by atoms with Gasteiger partial charge in [-0.2, -0.15) is 62.8 Å². The van der Waals surface area contributed by atoms with Gasteiger partial charge in [-0.25, -0.2) is 22.2 Å². The zero-order valence-electron chi connectivity index (χ0n) is 35.1. The maximum absolute atomic E-state index is 15.8. The lowest BCUT2D eigenvalue weighted by molar-refractivity contribution is -0.144. The van der Waals surface area contributed by atoms with E-state index in [1.54, 1.807) is 0 Å².